The maximum absolute atomic E-state index is 4.77. The molecule has 0 heterocycles. The Morgan fingerprint density at radius 1 is 1.67 bits per heavy atom. The molecular formula is C8H8Co-2. The molecule has 0 atom stereocenters. The van der Waals surface area contributed by atoms with Gasteiger partial charge in [-0.15, -0.1) is 6.42 Å². The van der Waals surface area contributed by atoms with Crippen molar-refractivity contribution in [2.75, 3.05) is 0 Å². The zero-order chi connectivity index (χ0) is 6.95. The molecule has 1 heteroatoms. The van der Waals surface area contributed by atoms with Crippen molar-refractivity contribution in [2.45, 2.75) is 6.42 Å². The molecule has 0 unspecified atom stereocenters. The van der Waals surface area contributed by atoms with Gasteiger partial charge in [-0.2, -0.15) is 6.08 Å². The average molecular weight is 163 g/mol. The summed E-state index contributed by atoms with van der Waals surface area (Å²) in [5, 5.41) is 0. The van der Waals surface area contributed by atoms with Gasteiger partial charge in [0.25, 0.3) is 0 Å². The topological polar surface area (TPSA) is 0 Å². The fourth-order valence-electron chi connectivity index (χ4n) is 0.340. The first kappa shape index (κ1) is 8.60. The monoisotopic (exact) mass is 163 g/mol. The van der Waals surface area contributed by atoms with E-state index in [0.29, 0.717) is 0 Å². The molecule has 9 heavy (non-hydrogen) atoms. The van der Waals surface area contributed by atoms with Crippen molar-refractivity contribution in [3.8, 4) is 0 Å². The molecule has 0 saturated carbocycles. The van der Waals surface area contributed by atoms with E-state index in [2.05, 4.69) is 27.5 Å². The van der Waals surface area contributed by atoms with Crippen LogP contribution in [0.4, 0.5) is 0 Å². The minimum absolute atomic E-state index is 1.01. The quantitative estimate of drug-likeness (QED) is 0.515. The van der Waals surface area contributed by atoms with E-state index >= 15 is 0 Å². The van der Waals surface area contributed by atoms with Crippen molar-refractivity contribution in [2.24, 2.45) is 0 Å². The summed E-state index contributed by atoms with van der Waals surface area (Å²) in [5.41, 5.74) is 0. The molecule has 0 bridgehead atoms. The number of allylic oxidation sites excluding steroid dienone is 5. The van der Waals surface area contributed by atoms with Crippen LogP contribution in [0.1, 0.15) is 6.42 Å². The molecule has 51 valence electrons. The van der Waals surface area contributed by atoms with Gasteiger partial charge in [0.15, 0.2) is 0 Å². The van der Waals surface area contributed by atoms with Crippen molar-refractivity contribution in [3.63, 3.8) is 0 Å². The first-order valence-electron chi connectivity index (χ1n) is 2.58. The van der Waals surface area contributed by atoms with E-state index in [4.69, 9.17) is 6.58 Å². The second-order valence-electron chi connectivity index (χ2n) is 1.31. The standard InChI is InChI=1S/C5H5.C3H3.Co/c1-2-4-5-3-1;1-3-2;/h1-3H,4H2;1-3H;/q2*-1;. The van der Waals surface area contributed by atoms with Crippen LogP contribution in [0, 0.1) is 12.7 Å². The number of rotatable bonds is 1. The summed E-state index contributed by atoms with van der Waals surface area (Å²) in [6, 6.07) is 0. The summed E-state index contributed by atoms with van der Waals surface area (Å²) in [4.78, 5) is 1.47. The van der Waals surface area contributed by atoms with Gasteiger partial charge < -0.3 is 0 Å². The third-order valence-electron chi connectivity index (χ3n) is 0.650. The van der Waals surface area contributed by atoms with Crippen LogP contribution in [0.15, 0.2) is 24.3 Å². The van der Waals surface area contributed by atoms with E-state index in [1.165, 1.54) is 11.0 Å². The van der Waals surface area contributed by atoms with Crippen molar-refractivity contribution in [3.05, 3.63) is 37.0 Å². The predicted octanol–water partition coefficient (Wildman–Crippen LogP) is 1.63. The maximum atomic E-state index is 4.77. The third kappa shape index (κ3) is 7.60. The Balaban J connectivity index is 0.000000148. The van der Waals surface area contributed by atoms with Gasteiger partial charge in [0.2, 0.25) is 0 Å². The second kappa shape index (κ2) is 7.60. The average Bonchev–Trinajstić information content (AvgIpc) is 2.43. The normalized spacial score (nSPS) is 12.1. The summed E-state index contributed by atoms with van der Waals surface area (Å²) in [5.74, 6) is 0. The van der Waals surface area contributed by atoms with E-state index in [9.17, 15) is 0 Å². The van der Waals surface area contributed by atoms with E-state index in [-0.39, 0.29) is 0 Å². The minimum atomic E-state index is 1.01. The van der Waals surface area contributed by atoms with Crippen molar-refractivity contribution >= 4 is 4.96 Å². The first-order chi connectivity index (χ1) is 4.41. The van der Waals surface area contributed by atoms with Gasteiger partial charge in [0.1, 0.15) is 0 Å². The van der Waals surface area contributed by atoms with Crippen LogP contribution in [0.5, 0.6) is 0 Å². The third-order valence-corrected chi connectivity index (χ3v) is 0.850. The van der Waals surface area contributed by atoms with Gasteiger partial charge >= 0.3 is 32.9 Å². The van der Waals surface area contributed by atoms with Crippen LogP contribution in [-0.2, 0) is 15.3 Å². The van der Waals surface area contributed by atoms with E-state index in [0.717, 1.165) is 6.42 Å². The molecule has 0 spiro atoms. The van der Waals surface area contributed by atoms with Crippen LogP contribution >= 0.6 is 0 Å². The fourth-order valence-corrected chi connectivity index (χ4v) is 0.340. The summed E-state index contributed by atoms with van der Waals surface area (Å²) in [6.07, 6.45) is 11.4. The Bertz CT molecular complexity index is 116. The van der Waals surface area contributed by atoms with Crippen LogP contribution in [-0.4, -0.2) is 4.96 Å². The van der Waals surface area contributed by atoms with Gasteiger partial charge in [-0.25, -0.2) is 12.2 Å². The Labute approximate surface area is 64.1 Å². The Kier molecular flexibility index (Phi) is 7.26. The van der Waals surface area contributed by atoms with E-state index in [1.54, 1.807) is 0 Å². The van der Waals surface area contributed by atoms with E-state index < -0.39 is 0 Å². The molecule has 0 aromatic rings. The molecule has 0 amide bonds. The van der Waals surface area contributed by atoms with Crippen molar-refractivity contribution < 1.29 is 15.3 Å². The molecule has 0 nitrogen and oxygen atoms in total. The molecule has 1 aliphatic rings. The Morgan fingerprint density at radius 2 is 2.33 bits per heavy atom. The van der Waals surface area contributed by atoms with Gasteiger partial charge in [-0.1, -0.05) is 0 Å². The molecule has 0 N–H and O–H groups in total. The molecular weight excluding hydrogens is 155 g/mol. The molecule has 1 aliphatic carbocycles. The van der Waals surface area contributed by atoms with Gasteiger partial charge in [0.05, 0.1) is 0 Å². The molecule has 0 aliphatic heterocycles. The van der Waals surface area contributed by atoms with Crippen LogP contribution in [0.2, 0.25) is 0 Å². The fraction of sp³-hybridized carbons (Fsp3) is 0.125. The summed E-state index contributed by atoms with van der Waals surface area (Å²) < 4.78 is 0. The summed E-state index contributed by atoms with van der Waals surface area (Å²) in [6.45, 7) is 4.77. The van der Waals surface area contributed by atoms with Gasteiger partial charge in [-0.05, 0) is 0 Å². The van der Waals surface area contributed by atoms with Crippen molar-refractivity contribution in [1.82, 2.24) is 0 Å². The predicted molar refractivity (Wildman–Crippen MR) is 36.5 cm³/mol. The number of hydrogen-bond donors (Lipinski definition) is 0. The molecule has 0 fully saturated rings. The molecule has 0 aromatic carbocycles. The Hall–Kier alpha value is -0.404. The number of hydrogen-bond acceptors (Lipinski definition) is 0. The molecule has 0 saturated heterocycles. The van der Waals surface area contributed by atoms with Crippen LogP contribution in [0.3, 0.4) is 0 Å². The van der Waals surface area contributed by atoms with E-state index in [1.807, 2.05) is 12.2 Å². The first-order valence-corrected chi connectivity index (χ1v) is 3.18. The zero-order valence-electron chi connectivity index (χ0n) is 5.00. The van der Waals surface area contributed by atoms with Crippen LogP contribution in [0.25, 0.3) is 0 Å². The SMILES string of the molecule is [C-]1=CC=CC1.[CH-]=C[CH]=[Co]. The van der Waals surface area contributed by atoms with Gasteiger partial charge in [0, 0.05) is 0 Å². The summed E-state index contributed by atoms with van der Waals surface area (Å²) in [7, 11) is 0. The molecule has 1 rings (SSSR count). The summed E-state index contributed by atoms with van der Waals surface area (Å²) >= 11 is 3.65. The van der Waals surface area contributed by atoms with Gasteiger partial charge in [-0.3, -0.25) is 6.08 Å². The zero-order valence-corrected chi connectivity index (χ0v) is 6.05. The van der Waals surface area contributed by atoms with Crippen molar-refractivity contribution in [1.29, 1.82) is 0 Å². The second-order valence-corrected chi connectivity index (χ2v) is 1.65. The molecule has 0 aromatic heterocycles. The van der Waals surface area contributed by atoms with Crippen LogP contribution < -0.4 is 0 Å². The molecule has 0 radical (unpaired) electrons. The Morgan fingerprint density at radius 3 is 2.44 bits per heavy atom.